The summed E-state index contributed by atoms with van der Waals surface area (Å²) in [5.41, 5.74) is 2.28. The second-order valence-electron chi connectivity index (χ2n) is 5.62. The van der Waals surface area contributed by atoms with Gasteiger partial charge in [0.15, 0.2) is 11.5 Å². The molecule has 0 aromatic heterocycles. The van der Waals surface area contributed by atoms with Crippen molar-refractivity contribution in [2.75, 3.05) is 19.8 Å². The van der Waals surface area contributed by atoms with E-state index in [2.05, 4.69) is 18.3 Å². The molecule has 1 N–H and O–H groups in total. The van der Waals surface area contributed by atoms with Gasteiger partial charge in [0.2, 0.25) is 0 Å². The summed E-state index contributed by atoms with van der Waals surface area (Å²) in [5, 5.41) is 3.41. The highest BCUT2D eigenvalue weighted by molar-refractivity contribution is 5.43. The molecule has 0 aliphatic rings. The lowest BCUT2D eigenvalue weighted by atomic mass is 10.1. The van der Waals surface area contributed by atoms with Crippen LogP contribution in [0, 0.1) is 5.82 Å². The summed E-state index contributed by atoms with van der Waals surface area (Å²) in [6.07, 6.45) is 1.84. The van der Waals surface area contributed by atoms with Crippen molar-refractivity contribution in [1.82, 2.24) is 5.32 Å². The van der Waals surface area contributed by atoms with Gasteiger partial charge in [-0.15, -0.1) is 0 Å². The van der Waals surface area contributed by atoms with E-state index in [9.17, 15) is 4.39 Å². The molecule has 2 aromatic carbocycles. The minimum absolute atomic E-state index is 0.194. The second-order valence-corrected chi connectivity index (χ2v) is 5.62. The lowest BCUT2D eigenvalue weighted by Crippen LogP contribution is -2.16. The molecule has 130 valence electrons. The highest BCUT2D eigenvalue weighted by atomic mass is 19.1. The maximum absolute atomic E-state index is 12.9. The second kappa shape index (κ2) is 9.93. The zero-order valence-electron chi connectivity index (χ0n) is 14.5. The van der Waals surface area contributed by atoms with Crippen molar-refractivity contribution in [3.63, 3.8) is 0 Å². The van der Waals surface area contributed by atoms with Gasteiger partial charge in [-0.1, -0.05) is 25.1 Å². The number of halogens is 1. The van der Waals surface area contributed by atoms with Crippen LogP contribution in [0.25, 0.3) is 0 Å². The van der Waals surface area contributed by atoms with Gasteiger partial charge in [-0.3, -0.25) is 0 Å². The summed E-state index contributed by atoms with van der Waals surface area (Å²) < 4.78 is 24.3. The third-order valence-corrected chi connectivity index (χ3v) is 3.60. The van der Waals surface area contributed by atoms with E-state index in [0.29, 0.717) is 13.2 Å². The molecule has 2 rings (SSSR count). The lowest BCUT2D eigenvalue weighted by molar-refractivity contribution is 0.276. The van der Waals surface area contributed by atoms with Crippen LogP contribution in [-0.4, -0.2) is 19.8 Å². The first-order valence-corrected chi connectivity index (χ1v) is 8.56. The van der Waals surface area contributed by atoms with Gasteiger partial charge in [-0.05, 0) is 61.7 Å². The van der Waals surface area contributed by atoms with Gasteiger partial charge in [-0.2, -0.15) is 0 Å². The Bertz CT molecular complexity index is 614. The average molecular weight is 331 g/mol. The lowest BCUT2D eigenvalue weighted by Gasteiger charge is -2.13. The molecule has 0 saturated heterocycles. The Morgan fingerprint density at radius 3 is 2.38 bits per heavy atom. The fraction of sp³-hybridized carbons (Fsp3) is 0.400. The van der Waals surface area contributed by atoms with Crippen LogP contribution in [0.15, 0.2) is 42.5 Å². The quantitative estimate of drug-likeness (QED) is 0.657. The maximum atomic E-state index is 12.9. The molecule has 0 unspecified atom stereocenters. The van der Waals surface area contributed by atoms with E-state index in [1.54, 1.807) is 0 Å². The predicted molar refractivity (Wildman–Crippen MR) is 95.2 cm³/mol. The van der Waals surface area contributed by atoms with Gasteiger partial charge in [-0.25, -0.2) is 4.39 Å². The van der Waals surface area contributed by atoms with Crippen LogP contribution in [0.2, 0.25) is 0 Å². The zero-order chi connectivity index (χ0) is 17.2. The van der Waals surface area contributed by atoms with Crippen LogP contribution in [0.5, 0.6) is 11.5 Å². The van der Waals surface area contributed by atoms with E-state index in [1.807, 2.05) is 31.2 Å². The molecular formula is C20H26FNO2. The van der Waals surface area contributed by atoms with Gasteiger partial charge in [0.1, 0.15) is 5.82 Å². The first kappa shape index (κ1) is 18.3. The molecule has 0 saturated carbocycles. The van der Waals surface area contributed by atoms with Crippen molar-refractivity contribution in [3.8, 4) is 11.5 Å². The van der Waals surface area contributed by atoms with Gasteiger partial charge in [0, 0.05) is 6.54 Å². The van der Waals surface area contributed by atoms with Crippen molar-refractivity contribution in [3.05, 3.63) is 59.4 Å². The van der Waals surface area contributed by atoms with Crippen LogP contribution in [-0.2, 0) is 13.0 Å². The minimum atomic E-state index is -0.194. The summed E-state index contributed by atoms with van der Waals surface area (Å²) in [6.45, 7) is 6.95. The van der Waals surface area contributed by atoms with Crippen molar-refractivity contribution in [2.45, 2.75) is 33.2 Å². The van der Waals surface area contributed by atoms with E-state index in [4.69, 9.17) is 9.47 Å². The highest BCUT2D eigenvalue weighted by Gasteiger charge is 2.06. The van der Waals surface area contributed by atoms with Crippen LogP contribution < -0.4 is 14.8 Å². The molecule has 0 fully saturated rings. The molecule has 0 aliphatic heterocycles. The predicted octanol–water partition coefficient (Wildman–Crippen LogP) is 4.35. The number of rotatable bonds is 10. The Hall–Kier alpha value is -2.07. The first-order valence-electron chi connectivity index (χ1n) is 8.56. The fourth-order valence-corrected chi connectivity index (χ4v) is 2.38. The molecule has 0 spiro atoms. The third-order valence-electron chi connectivity index (χ3n) is 3.60. The summed E-state index contributed by atoms with van der Waals surface area (Å²) in [7, 11) is 0. The van der Waals surface area contributed by atoms with Crippen LogP contribution >= 0.6 is 0 Å². The van der Waals surface area contributed by atoms with Gasteiger partial charge < -0.3 is 14.8 Å². The van der Waals surface area contributed by atoms with Crippen molar-refractivity contribution in [2.24, 2.45) is 0 Å². The summed E-state index contributed by atoms with van der Waals surface area (Å²) in [5.74, 6) is 1.40. The highest BCUT2D eigenvalue weighted by Crippen LogP contribution is 2.28. The molecule has 0 atom stereocenters. The Labute approximate surface area is 143 Å². The van der Waals surface area contributed by atoms with Crippen LogP contribution in [0.1, 0.15) is 31.4 Å². The number of benzene rings is 2. The topological polar surface area (TPSA) is 30.5 Å². The monoisotopic (exact) mass is 331 g/mol. The average Bonchev–Trinajstić information content (AvgIpc) is 2.60. The molecular weight excluding hydrogens is 305 g/mol. The van der Waals surface area contributed by atoms with Crippen molar-refractivity contribution < 1.29 is 13.9 Å². The van der Waals surface area contributed by atoms with Crippen molar-refractivity contribution in [1.29, 1.82) is 0 Å². The molecule has 4 heteroatoms. The van der Waals surface area contributed by atoms with E-state index >= 15 is 0 Å². The van der Waals surface area contributed by atoms with Crippen molar-refractivity contribution >= 4 is 0 Å². The largest absolute Gasteiger partial charge is 0.490 e. The Balaban J connectivity index is 1.85. The summed E-state index contributed by atoms with van der Waals surface area (Å²) in [6, 6.07) is 12.7. The smallest absolute Gasteiger partial charge is 0.161 e. The van der Waals surface area contributed by atoms with E-state index in [0.717, 1.165) is 48.6 Å². The van der Waals surface area contributed by atoms with Crippen LogP contribution in [0.3, 0.4) is 0 Å². The van der Waals surface area contributed by atoms with E-state index < -0.39 is 0 Å². The van der Waals surface area contributed by atoms with Gasteiger partial charge in [0.05, 0.1) is 13.2 Å². The summed E-state index contributed by atoms with van der Waals surface area (Å²) in [4.78, 5) is 0. The number of ether oxygens (including phenoxy) is 2. The van der Waals surface area contributed by atoms with Gasteiger partial charge >= 0.3 is 0 Å². The molecule has 24 heavy (non-hydrogen) atoms. The fourth-order valence-electron chi connectivity index (χ4n) is 2.38. The van der Waals surface area contributed by atoms with Gasteiger partial charge in [0.25, 0.3) is 0 Å². The number of hydrogen-bond acceptors (Lipinski definition) is 3. The molecule has 0 heterocycles. The molecule has 0 amide bonds. The molecule has 0 radical (unpaired) electrons. The number of nitrogens with one attached hydrogen (secondary N) is 1. The van der Waals surface area contributed by atoms with E-state index in [1.165, 1.54) is 12.1 Å². The molecule has 0 bridgehead atoms. The first-order chi connectivity index (χ1) is 11.7. The zero-order valence-corrected chi connectivity index (χ0v) is 14.5. The standard InChI is InChI=1S/C20H26FNO2/c1-3-13-24-19-10-7-17(14-20(19)23-4-2)15-22-12-11-16-5-8-18(21)9-6-16/h5-10,14,22H,3-4,11-13,15H2,1-2H3. The number of hydrogen-bond donors (Lipinski definition) is 1. The normalized spacial score (nSPS) is 10.6. The Morgan fingerprint density at radius 1 is 0.917 bits per heavy atom. The Morgan fingerprint density at radius 2 is 1.67 bits per heavy atom. The minimum Gasteiger partial charge on any atom is -0.490 e. The third kappa shape index (κ3) is 5.85. The van der Waals surface area contributed by atoms with E-state index in [-0.39, 0.29) is 5.82 Å². The Kier molecular flexibility index (Phi) is 7.56. The maximum Gasteiger partial charge on any atom is 0.161 e. The molecule has 0 aliphatic carbocycles. The molecule has 2 aromatic rings. The molecule has 3 nitrogen and oxygen atoms in total. The summed E-state index contributed by atoms with van der Waals surface area (Å²) >= 11 is 0. The SMILES string of the molecule is CCCOc1ccc(CNCCc2ccc(F)cc2)cc1OCC. The van der Waals surface area contributed by atoms with Crippen LogP contribution in [0.4, 0.5) is 4.39 Å².